The summed E-state index contributed by atoms with van der Waals surface area (Å²) in [5.41, 5.74) is 5.53. The smallest absolute Gasteiger partial charge is 0.188 e. The van der Waals surface area contributed by atoms with Crippen molar-refractivity contribution in [3.05, 3.63) is 0 Å². The van der Waals surface area contributed by atoms with Crippen molar-refractivity contribution in [3.63, 3.8) is 0 Å². The lowest BCUT2D eigenvalue weighted by Gasteiger charge is -2.30. The zero-order chi connectivity index (χ0) is 11.1. The minimum absolute atomic E-state index is 0.512. The van der Waals surface area contributed by atoms with E-state index in [1.807, 2.05) is 0 Å². The molecule has 4 heteroatoms. The normalized spacial score (nSPS) is 13.0. The van der Waals surface area contributed by atoms with Gasteiger partial charge in [0, 0.05) is 32.2 Å². The van der Waals surface area contributed by atoms with Crippen LogP contribution in [0.3, 0.4) is 0 Å². The number of aliphatic imine (C=N–C) groups is 1. The maximum atomic E-state index is 5.53. The Hall–Kier alpha value is -0.770. The lowest BCUT2D eigenvalue weighted by Crippen LogP contribution is -2.43. The third kappa shape index (κ3) is 5.07. The van der Waals surface area contributed by atoms with Gasteiger partial charge in [-0.25, -0.2) is 0 Å². The van der Waals surface area contributed by atoms with Crippen molar-refractivity contribution in [1.29, 1.82) is 0 Å². The zero-order valence-electron chi connectivity index (χ0n) is 10.0. The van der Waals surface area contributed by atoms with Crippen molar-refractivity contribution in [2.45, 2.75) is 39.8 Å². The van der Waals surface area contributed by atoms with E-state index in [0.29, 0.717) is 18.0 Å². The van der Waals surface area contributed by atoms with Gasteiger partial charge in [0.05, 0.1) is 0 Å². The number of hydrogen-bond acceptors (Lipinski definition) is 2. The number of guanidine groups is 1. The molecule has 0 saturated heterocycles. The van der Waals surface area contributed by atoms with E-state index in [4.69, 9.17) is 5.73 Å². The van der Waals surface area contributed by atoms with Crippen LogP contribution in [0.25, 0.3) is 0 Å². The Morgan fingerprint density at radius 2 is 1.79 bits per heavy atom. The minimum Gasteiger partial charge on any atom is -0.370 e. The Labute approximate surface area is 87.6 Å². The van der Waals surface area contributed by atoms with Crippen LogP contribution < -0.4 is 11.1 Å². The van der Waals surface area contributed by atoms with Crippen LogP contribution in [0.4, 0.5) is 0 Å². The van der Waals surface area contributed by atoms with Gasteiger partial charge in [0.25, 0.3) is 0 Å². The third-order valence-corrected chi connectivity index (χ3v) is 2.24. The summed E-state index contributed by atoms with van der Waals surface area (Å²) in [5, 5.41) is 3.06. The van der Waals surface area contributed by atoms with Gasteiger partial charge in [0.1, 0.15) is 0 Å². The largest absolute Gasteiger partial charge is 0.370 e. The van der Waals surface area contributed by atoms with Crippen LogP contribution in [0.1, 0.15) is 27.7 Å². The average Bonchev–Trinajstić information content (AvgIpc) is 2.10. The van der Waals surface area contributed by atoms with E-state index < -0.39 is 0 Å². The lowest BCUT2D eigenvalue weighted by molar-refractivity contribution is 0.178. The highest BCUT2D eigenvalue weighted by Crippen LogP contribution is 2.02. The van der Waals surface area contributed by atoms with Crippen LogP contribution in [0.15, 0.2) is 4.99 Å². The molecule has 0 heterocycles. The molecule has 84 valence electrons. The summed E-state index contributed by atoms with van der Waals surface area (Å²) >= 11 is 0. The molecule has 0 radical (unpaired) electrons. The highest BCUT2D eigenvalue weighted by atomic mass is 15.2. The topological polar surface area (TPSA) is 53.6 Å². The number of rotatable bonds is 5. The Morgan fingerprint density at radius 3 is 2.14 bits per heavy atom. The highest BCUT2D eigenvalue weighted by molar-refractivity contribution is 5.77. The van der Waals surface area contributed by atoms with E-state index in [0.717, 1.165) is 13.1 Å². The van der Waals surface area contributed by atoms with Gasteiger partial charge in [-0.15, -0.1) is 0 Å². The highest BCUT2D eigenvalue weighted by Gasteiger charge is 2.11. The molecule has 0 aromatic rings. The molecule has 0 aliphatic carbocycles. The van der Waals surface area contributed by atoms with Crippen LogP contribution >= 0.6 is 0 Å². The van der Waals surface area contributed by atoms with E-state index in [-0.39, 0.29) is 0 Å². The Bertz CT molecular complexity index is 167. The molecule has 0 saturated carbocycles. The van der Waals surface area contributed by atoms with Gasteiger partial charge >= 0.3 is 0 Å². The summed E-state index contributed by atoms with van der Waals surface area (Å²) in [5.74, 6) is 0.512. The standard InChI is InChI=1S/C10H24N4/c1-8(2)14(9(3)4)7-6-13-10(11)12-5/h8-9H,6-7H2,1-5H3,(H3,11,12,13). The average molecular weight is 200 g/mol. The molecular formula is C10H24N4. The number of nitrogens with one attached hydrogen (secondary N) is 1. The number of nitrogens with two attached hydrogens (primary N) is 1. The second-order valence-electron chi connectivity index (χ2n) is 3.96. The van der Waals surface area contributed by atoms with E-state index in [1.165, 1.54) is 0 Å². The number of nitrogens with zero attached hydrogens (tertiary/aromatic N) is 2. The molecule has 0 bridgehead atoms. The summed E-state index contributed by atoms with van der Waals surface area (Å²) in [6, 6.07) is 1.13. The van der Waals surface area contributed by atoms with E-state index in [2.05, 4.69) is 42.9 Å². The molecule has 4 nitrogen and oxygen atoms in total. The second-order valence-corrected chi connectivity index (χ2v) is 3.96. The predicted molar refractivity (Wildman–Crippen MR) is 62.5 cm³/mol. The molecule has 0 rings (SSSR count). The molecule has 0 spiro atoms. The molecule has 0 aromatic heterocycles. The molecule has 0 atom stereocenters. The summed E-state index contributed by atoms with van der Waals surface area (Å²) in [6.45, 7) is 10.7. The van der Waals surface area contributed by atoms with Gasteiger partial charge < -0.3 is 11.1 Å². The first-order valence-corrected chi connectivity index (χ1v) is 5.21. The molecule has 0 fully saturated rings. The Morgan fingerprint density at radius 1 is 1.29 bits per heavy atom. The lowest BCUT2D eigenvalue weighted by atomic mass is 10.2. The third-order valence-electron chi connectivity index (χ3n) is 2.24. The van der Waals surface area contributed by atoms with Crippen molar-refractivity contribution in [2.75, 3.05) is 20.1 Å². The molecule has 3 N–H and O–H groups in total. The quantitative estimate of drug-likeness (QED) is 0.506. The first-order chi connectivity index (χ1) is 6.49. The van der Waals surface area contributed by atoms with Gasteiger partial charge in [-0.1, -0.05) is 0 Å². The minimum atomic E-state index is 0.512. The molecule has 0 unspecified atom stereocenters. The van der Waals surface area contributed by atoms with Crippen molar-refractivity contribution in [1.82, 2.24) is 10.2 Å². The maximum absolute atomic E-state index is 5.53. The van der Waals surface area contributed by atoms with Crippen molar-refractivity contribution in [2.24, 2.45) is 10.7 Å². The first kappa shape index (κ1) is 13.2. The monoisotopic (exact) mass is 200 g/mol. The Balaban J connectivity index is 3.84. The van der Waals surface area contributed by atoms with Crippen LogP contribution in [-0.2, 0) is 0 Å². The fourth-order valence-corrected chi connectivity index (χ4v) is 1.50. The SMILES string of the molecule is CN=C(N)NCCN(C(C)C)C(C)C. The van der Waals surface area contributed by atoms with Crippen molar-refractivity contribution >= 4 is 5.96 Å². The van der Waals surface area contributed by atoms with E-state index in [1.54, 1.807) is 7.05 Å². The van der Waals surface area contributed by atoms with Crippen LogP contribution in [0.5, 0.6) is 0 Å². The van der Waals surface area contributed by atoms with Crippen LogP contribution in [-0.4, -0.2) is 43.1 Å². The molecule has 14 heavy (non-hydrogen) atoms. The van der Waals surface area contributed by atoms with Gasteiger partial charge in [0.15, 0.2) is 5.96 Å². The van der Waals surface area contributed by atoms with Gasteiger partial charge in [0.2, 0.25) is 0 Å². The molecule has 0 aromatic carbocycles. The summed E-state index contributed by atoms with van der Waals surface area (Å²) in [6.07, 6.45) is 0. The molecular weight excluding hydrogens is 176 g/mol. The van der Waals surface area contributed by atoms with Gasteiger partial charge in [-0.05, 0) is 27.7 Å². The fraction of sp³-hybridized carbons (Fsp3) is 0.900. The Kier molecular flexibility index (Phi) is 6.28. The summed E-state index contributed by atoms with van der Waals surface area (Å²) in [7, 11) is 1.69. The fourth-order valence-electron chi connectivity index (χ4n) is 1.50. The van der Waals surface area contributed by atoms with Gasteiger partial charge in [-0.3, -0.25) is 9.89 Å². The number of hydrogen-bond donors (Lipinski definition) is 2. The maximum Gasteiger partial charge on any atom is 0.188 e. The second kappa shape index (κ2) is 6.65. The van der Waals surface area contributed by atoms with Crippen LogP contribution in [0.2, 0.25) is 0 Å². The predicted octanol–water partition coefficient (Wildman–Crippen LogP) is 0.639. The van der Waals surface area contributed by atoms with Crippen molar-refractivity contribution in [3.8, 4) is 0 Å². The zero-order valence-corrected chi connectivity index (χ0v) is 10.0. The summed E-state index contributed by atoms with van der Waals surface area (Å²) in [4.78, 5) is 6.25. The first-order valence-electron chi connectivity index (χ1n) is 5.21. The van der Waals surface area contributed by atoms with E-state index in [9.17, 15) is 0 Å². The van der Waals surface area contributed by atoms with Gasteiger partial charge in [-0.2, -0.15) is 0 Å². The van der Waals surface area contributed by atoms with Crippen LogP contribution in [0, 0.1) is 0 Å². The molecule has 0 amide bonds. The van der Waals surface area contributed by atoms with E-state index >= 15 is 0 Å². The molecule has 0 aliphatic rings. The van der Waals surface area contributed by atoms with Crippen molar-refractivity contribution < 1.29 is 0 Å². The summed E-state index contributed by atoms with van der Waals surface area (Å²) < 4.78 is 0. The molecule has 0 aliphatic heterocycles.